The topological polar surface area (TPSA) is 88.6 Å². The number of benzene rings is 2. The van der Waals surface area contributed by atoms with Crippen LogP contribution in [0.2, 0.25) is 10.0 Å². The maximum atomic E-state index is 12.8. The number of aromatic nitrogens is 1. The summed E-state index contributed by atoms with van der Waals surface area (Å²) in [6.45, 7) is 1.41. The molecule has 1 aliphatic rings. The third kappa shape index (κ3) is 4.25. The highest BCUT2D eigenvalue weighted by Crippen LogP contribution is 2.30. The van der Waals surface area contributed by atoms with E-state index in [-0.39, 0.29) is 15.5 Å². The van der Waals surface area contributed by atoms with E-state index < -0.39 is 15.9 Å². The third-order valence-corrected chi connectivity index (χ3v) is 7.75. The van der Waals surface area contributed by atoms with Crippen LogP contribution in [0.4, 0.5) is 5.13 Å². The van der Waals surface area contributed by atoms with Gasteiger partial charge in [0.05, 0.1) is 38.9 Å². The maximum Gasteiger partial charge on any atom is 0.259 e. The molecule has 152 valence electrons. The van der Waals surface area contributed by atoms with Crippen molar-refractivity contribution >= 4 is 65.8 Å². The van der Waals surface area contributed by atoms with Crippen molar-refractivity contribution in [2.45, 2.75) is 4.90 Å². The van der Waals surface area contributed by atoms with E-state index in [9.17, 15) is 13.2 Å². The highest BCUT2D eigenvalue weighted by molar-refractivity contribution is 7.89. The van der Waals surface area contributed by atoms with Crippen LogP contribution in [0.5, 0.6) is 0 Å². The molecule has 4 rings (SSSR count). The molecular weight excluding hydrogens is 457 g/mol. The van der Waals surface area contributed by atoms with Gasteiger partial charge in [0.25, 0.3) is 5.91 Å². The fourth-order valence-corrected chi connectivity index (χ4v) is 5.68. The fourth-order valence-electron chi connectivity index (χ4n) is 2.89. The summed E-state index contributed by atoms with van der Waals surface area (Å²) in [5.74, 6) is -0.447. The Morgan fingerprint density at radius 2 is 1.90 bits per heavy atom. The van der Waals surface area contributed by atoms with Crippen LogP contribution >= 0.6 is 34.5 Å². The number of hydrogen-bond donors (Lipinski definition) is 1. The van der Waals surface area contributed by atoms with Crippen molar-refractivity contribution in [1.29, 1.82) is 0 Å². The van der Waals surface area contributed by atoms with Gasteiger partial charge in [0.15, 0.2) is 5.13 Å². The molecule has 1 aliphatic heterocycles. The molecule has 0 unspecified atom stereocenters. The number of ether oxygens (including phenoxy) is 1. The molecule has 0 radical (unpaired) electrons. The molecule has 0 spiro atoms. The van der Waals surface area contributed by atoms with Crippen LogP contribution in [0.1, 0.15) is 10.4 Å². The number of rotatable bonds is 4. The van der Waals surface area contributed by atoms with E-state index in [2.05, 4.69) is 10.3 Å². The van der Waals surface area contributed by atoms with Crippen molar-refractivity contribution in [2.75, 3.05) is 31.6 Å². The van der Waals surface area contributed by atoms with E-state index in [0.717, 1.165) is 0 Å². The lowest BCUT2D eigenvalue weighted by Crippen LogP contribution is -2.40. The molecule has 0 bridgehead atoms. The highest BCUT2D eigenvalue weighted by Gasteiger charge is 2.26. The van der Waals surface area contributed by atoms with Gasteiger partial charge in [-0.2, -0.15) is 4.31 Å². The standard InChI is InChI=1S/C18H15Cl2N3O4S2/c19-11-1-3-14(20)13(9-11)17(24)22-18-21-15-4-2-12(10-16(15)28-18)29(25,26)23-5-7-27-8-6-23/h1-4,9-10H,5-8H2,(H,21,22,24). The Kier molecular flexibility index (Phi) is 5.78. The van der Waals surface area contributed by atoms with Gasteiger partial charge in [0.1, 0.15) is 0 Å². The lowest BCUT2D eigenvalue weighted by atomic mass is 10.2. The number of amides is 1. The first kappa shape index (κ1) is 20.5. The molecule has 1 aromatic heterocycles. The van der Waals surface area contributed by atoms with Gasteiger partial charge in [-0.1, -0.05) is 34.5 Å². The molecule has 29 heavy (non-hydrogen) atoms. The van der Waals surface area contributed by atoms with Crippen LogP contribution in [-0.2, 0) is 14.8 Å². The maximum absolute atomic E-state index is 12.8. The molecule has 1 saturated heterocycles. The van der Waals surface area contributed by atoms with Crippen molar-refractivity contribution in [2.24, 2.45) is 0 Å². The predicted octanol–water partition coefficient (Wildman–Crippen LogP) is 3.88. The van der Waals surface area contributed by atoms with Crippen LogP contribution in [0.25, 0.3) is 10.2 Å². The summed E-state index contributed by atoms with van der Waals surface area (Å²) < 4.78 is 32.9. The number of carbonyl (C=O) groups is 1. The molecule has 1 fully saturated rings. The van der Waals surface area contributed by atoms with E-state index in [1.807, 2.05) is 0 Å². The normalized spacial score (nSPS) is 15.5. The van der Waals surface area contributed by atoms with Gasteiger partial charge in [-0.3, -0.25) is 10.1 Å². The highest BCUT2D eigenvalue weighted by atomic mass is 35.5. The van der Waals surface area contributed by atoms with E-state index >= 15 is 0 Å². The number of nitrogens with one attached hydrogen (secondary N) is 1. The zero-order valence-corrected chi connectivity index (χ0v) is 18.0. The van der Waals surface area contributed by atoms with Gasteiger partial charge in [0, 0.05) is 18.1 Å². The number of sulfonamides is 1. The Morgan fingerprint density at radius 1 is 1.14 bits per heavy atom. The van der Waals surface area contributed by atoms with Crippen LogP contribution in [0.15, 0.2) is 41.3 Å². The summed E-state index contributed by atoms with van der Waals surface area (Å²) in [6.07, 6.45) is 0. The fraction of sp³-hybridized carbons (Fsp3) is 0.222. The van der Waals surface area contributed by atoms with E-state index in [1.165, 1.54) is 27.8 Å². The summed E-state index contributed by atoms with van der Waals surface area (Å²) in [5.41, 5.74) is 0.817. The van der Waals surface area contributed by atoms with Crippen LogP contribution < -0.4 is 5.32 Å². The molecule has 0 aliphatic carbocycles. The molecule has 2 aromatic carbocycles. The van der Waals surface area contributed by atoms with E-state index in [1.54, 1.807) is 24.3 Å². The average Bonchev–Trinajstić information content (AvgIpc) is 3.11. The monoisotopic (exact) mass is 471 g/mol. The smallest absolute Gasteiger partial charge is 0.259 e. The van der Waals surface area contributed by atoms with Gasteiger partial charge >= 0.3 is 0 Å². The molecule has 1 N–H and O–H groups in total. The molecule has 0 saturated carbocycles. The minimum absolute atomic E-state index is 0.186. The number of halogens is 2. The minimum Gasteiger partial charge on any atom is -0.379 e. The Morgan fingerprint density at radius 3 is 2.66 bits per heavy atom. The Hall–Kier alpha value is -1.75. The second-order valence-corrected chi connectivity index (χ2v) is 10.1. The summed E-state index contributed by atoms with van der Waals surface area (Å²) >= 11 is 13.2. The summed E-state index contributed by atoms with van der Waals surface area (Å²) in [6, 6.07) is 9.32. The van der Waals surface area contributed by atoms with Crippen molar-refractivity contribution in [1.82, 2.24) is 9.29 Å². The molecule has 3 aromatic rings. The number of carbonyl (C=O) groups excluding carboxylic acids is 1. The largest absolute Gasteiger partial charge is 0.379 e. The second kappa shape index (κ2) is 8.17. The first-order valence-corrected chi connectivity index (χ1v) is 11.6. The van der Waals surface area contributed by atoms with E-state index in [0.29, 0.717) is 46.7 Å². The second-order valence-electron chi connectivity index (χ2n) is 6.24. The predicted molar refractivity (Wildman–Crippen MR) is 114 cm³/mol. The van der Waals surface area contributed by atoms with Crippen LogP contribution in [0, 0.1) is 0 Å². The van der Waals surface area contributed by atoms with Crippen molar-refractivity contribution in [3.05, 3.63) is 52.0 Å². The molecular formula is C18H15Cl2N3O4S2. The number of thiazole rings is 1. The van der Waals surface area contributed by atoms with Crippen molar-refractivity contribution < 1.29 is 17.9 Å². The molecule has 7 nitrogen and oxygen atoms in total. The Labute approximate surface area is 181 Å². The first-order chi connectivity index (χ1) is 13.8. The number of anilines is 1. The molecule has 0 atom stereocenters. The van der Waals surface area contributed by atoms with Gasteiger partial charge in [0.2, 0.25) is 10.0 Å². The lowest BCUT2D eigenvalue weighted by Gasteiger charge is -2.25. The van der Waals surface area contributed by atoms with Gasteiger partial charge in [-0.15, -0.1) is 0 Å². The summed E-state index contributed by atoms with van der Waals surface area (Å²) in [4.78, 5) is 17.0. The molecule has 1 amide bonds. The SMILES string of the molecule is O=C(Nc1nc2ccc(S(=O)(=O)N3CCOCC3)cc2s1)c1cc(Cl)ccc1Cl. The van der Waals surface area contributed by atoms with Gasteiger partial charge in [-0.05, 0) is 36.4 Å². The van der Waals surface area contributed by atoms with Crippen molar-refractivity contribution in [3.8, 4) is 0 Å². The van der Waals surface area contributed by atoms with Gasteiger partial charge in [-0.25, -0.2) is 13.4 Å². The van der Waals surface area contributed by atoms with Crippen molar-refractivity contribution in [3.63, 3.8) is 0 Å². The van der Waals surface area contributed by atoms with Gasteiger partial charge < -0.3 is 4.74 Å². The number of nitrogens with zero attached hydrogens (tertiary/aromatic N) is 2. The minimum atomic E-state index is -3.61. The quantitative estimate of drug-likeness (QED) is 0.623. The summed E-state index contributed by atoms with van der Waals surface area (Å²) in [7, 11) is -3.61. The number of morpholine rings is 1. The number of hydrogen-bond acceptors (Lipinski definition) is 6. The Bertz CT molecular complexity index is 1190. The van der Waals surface area contributed by atoms with Crippen LogP contribution in [-0.4, -0.2) is 49.9 Å². The zero-order chi connectivity index (χ0) is 20.6. The molecule has 2 heterocycles. The Balaban J connectivity index is 1.60. The lowest BCUT2D eigenvalue weighted by molar-refractivity contribution is 0.0730. The average molecular weight is 472 g/mol. The zero-order valence-electron chi connectivity index (χ0n) is 14.9. The summed E-state index contributed by atoms with van der Waals surface area (Å²) in [5, 5.41) is 3.68. The first-order valence-electron chi connectivity index (χ1n) is 8.59. The van der Waals surface area contributed by atoms with Crippen LogP contribution in [0.3, 0.4) is 0 Å². The molecule has 11 heteroatoms. The third-order valence-electron chi connectivity index (χ3n) is 4.36. The number of fused-ring (bicyclic) bond motifs is 1. The van der Waals surface area contributed by atoms with E-state index in [4.69, 9.17) is 27.9 Å².